The molecule has 0 saturated heterocycles. The van der Waals surface area contributed by atoms with Gasteiger partial charge >= 0.3 is 0 Å². The minimum absolute atomic E-state index is 0.557. The van der Waals surface area contributed by atoms with Crippen molar-refractivity contribution in [1.29, 1.82) is 0 Å². The Bertz CT molecular complexity index is 671. The monoisotopic (exact) mass is 274 g/mol. The molecule has 0 radical (unpaired) electrons. The standard InChI is InChI=1S/C19H18N2/c1-12-3-7-14(8-4-12)18-16-11-17(16)19(21-20-18)15-9-5-13(2)6-10-15/h3-10,16-17H,11H2,1-2H3/t16-,17+. The van der Waals surface area contributed by atoms with Crippen LogP contribution in [0.2, 0.25) is 0 Å². The number of fused-ring (bicyclic) bond motifs is 1. The summed E-state index contributed by atoms with van der Waals surface area (Å²) in [6.07, 6.45) is 1.18. The van der Waals surface area contributed by atoms with Crippen LogP contribution in [-0.2, 0) is 0 Å². The summed E-state index contributed by atoms with van der Waals surface area (Å²) < 4.78 is 0. The highest BCUT2D eigenvalue weighted by molar-refractivity contribution is 6.14. The summed E-state index contributed by atoms with van der Waals surface area (Å²) in [5.74, 6) is 1.11. The van der Waals surface area contributed by atoms with Crippen LogP contribution < -0.4 is 0 Å². The van der Waals surface area contributed by atoms with Gasteiger partial charge in [-0.1, -0.05) is 59.7 Å². The fraction of sp³-hybridized carbons (Fsp3) is 0.263. The van der Waals surface area contributed by atoms with E-state index in [-0.39, 0.29) is 0 Å². The minimum atomic E-state index is 0.557. The van der Waals surface area contributed by atoms with Gasteiger partial charge in [0.05, 0.1) is 11.4 Å². The van der Waals surface area contributed by atoms with Crippen molar-refractivity contribution in [2.75, 3.05) is 0 Å². The Morgan fingerprint density at radius 1 is 0.667 bits per heavy atom. The average Bonchev–Trinajstić information content (AvgIpc) is 3.29. The van der Waals surface area contributed by atoms with Crippen molar-refractivity contribution in [2.24, 2.45) is 22.0 Å². The lowest BCUT2D eigenvalue weighted by atomic mass is 9.98. The van der Waals surface area contributed by atoms with Crippen LogP contribution in [0.25, 0.3) is 0 Å². The minimum Gasteiger partial charge on any atom is -0.154 e. The zero-order valence-corrected chi connectivity index (χ0v) is 12.4. The van der Waals surface area contributed by atoms with Gasteiger partial charge in [0.25, 0.3) is 0 Å². The molecule has 2 atom stereocenters. The van der Waals surface area contributed by atoms with Crippen LogP contribution >= 0.6 is 0 Å². The fourth-order valence-electron chi connectivity index (χ4n) is 3.05. The van der Waals surface area contributed by atoms with Gasteiger partial charge in [0, 0.05) is 11.8 Å². The summed E-state index contributed by atoms with van der Waals surface area (Å²) in [6, 6.07) is 17.2. The molecule has 1 heterocycles. The van der Waals surface area contributed by atoms with E-state index in [4.69, 9.17) is 0 Å². The molecule has 1 fully saturated rings. The molecule has 2 heteroatoms. The lowest BCUT2D eigenvalue weighted by Crippen LogP contribution is -2.15. The predicted molar refractivity (Wildman–Crippen MR) is 87.0 cm³/mol. The molecule has 104 valence electrons. The second-order valence-corrected chi connectivity index (χ2v) is 6.15. The topological polar surface area (TPSA) is 24.7 Å². The number of nitrogens with zero attached hydrogens (tertiary/aromatic N) is 2. The van der Waals surface area contributed by atoms with Crippen LogP contribution in [0.1, 0.15) is 28.7 Å². The molecule has 0 amide bonds. The van der Waals surface area contributed by atoms with Crippen LogP contribution in [0.5, 0.6) is 0 Å². The van der Waals surface area contributed by atoms with Crippen molar-refractivity contribution >= 4 is 11.4 Å². The predicted octanol–water partition coefficient (Wildman–Crippen LogP) is 4.15. The molecule has 4 rings (SSSR count). The first-order chi connectivity index (χ1) is 10.2. The number of rotatable bonds is 2. The van der Waals surface area contributed by atoms with Gasteiger partial charge in [-0.25, -0.2) is 0 Å². The van der Waals surface area contributed by atoms with E-state index in [9.17, 15) is 0 Å². The SMILES string of the molecule is Cc1ccc(C2=NN=C(c3ccc(C)cc3)[C@@H]3C[C@H]23)cc1. The molecule has 0 unspecified atom stereocenters. The first-order valence-corrected chi connectivity index (χ1v) is 7.52. The van der Waals surface area contributed by atoms with E-state index < -0.39 is 0 Å². The summed E-state index contributed by atoms with van der Waals surface area (Å²) in [4.78, 5) is 0. The van der Waals surface area contributed by atoms with Crippen molar-refractivity contribution in [3.63, 3.8) is 0 Å². The van der Waals surface area contributed by atoms with Gasteiger partial charge in [0.1, 0.15) is 0 Å². The largest absolute Gasteiger partial charge is 0.154 e. The molecule has 2 aliphatic rings. The number of aryl methyl sites for hydroxylation is 2. The summed E-state index contributed by atoms with van der Waals surface area (Å²) >= 11 is 0. The average molecular weight is 274 g/mol. The van der Waals surface area contributed by atoms with Crippen LogP contribution in [0, 0.1) is 25.7 Å². The molecular formula is C19H18N2. The molecule has 1 aliphatic heterocycles. The smallest absolute Gasteiger partial charge is 0.0740 e. The Hall–Kier alpha value is -2.22. The maximum atomic E-state index is 4.54. The zero-order chi connectivity index (χ0) is 14.4. The van der Waals surface area contributed by atoms with Crippen molar-refractivity contribution in [2.45, 2.75) is 20.3 Å². The van der Waals surface area contributed by atoms with Crippen molar-refractivity contribution < 1.29 is 0 Å². The third-order valence-corrected chi connectivity index (χ3v) is 4.45. The number of hydrogen-bond donors (Lipinski definition) is 0. The maximum absolute atomic E-state index is 4.54. The molecule has 1 aliphatic carbocycles. The molecule has 0 N–H and O–H groups in total. The Morgan fingerprint density at radius 3 is 1.43 bits per heavy atom. The van der Waals surface area contributed by atoms with Crippen LogP contribution in [0.3, 0.4) is 0 Å². The zero-order valence-electron chi connectivity index (χ0n) is 12.4. The Morgan fingerprint density at radius 2 is 1.05 bits per heavy atom. The molecule has 0 spiro atoms. The van der Waals surface area contributed by atoms with Gasteiger partial charge in [-0.3, -0.25) is 0 Å². The van der Waals surface area contributed by atoms with E-state index in [0.29, 0.717) is 11.8 Å². The summed E-state index contributed by atoms with van der Waals surface area (Å²) in [5, 5.41) is 9.07. The molecule has 2 aromatic rings. The van der Waals surface area contributed by atoms with Gasteiger partial charge in [-0.2, -0.15) is 10.2 Å². The van der Waals surface area contributed by atoms with E-state index in [1.54, 1.807) is 0 Å². The third-order valence-electron chi connectivity index (χ3n) is 4.45. The van der Waals surface area contributed by atoms with Gasteiger partial charge in [0.15, 0.2) is 0 Å². The van der Waals surface area contributed by atoms with Gasteiger partial charge in [0.2, 0.25) is 0 Å². The molecule has 1 saturated carbocycles. The number of hydrogen-bond acceptors (Lipinski definition) is 2. The lowest BCUT2D eigenvalue weighted by Gasteiger charge is -2.12. The normalized spacial score (nSPS) is 23.1. The first-order valence-electron chi connectivity index (χ1n) is 7.52. The maximum Gasteiger partial charge on any atom is 0.0740 e. The number of benzene rings is 2. The molecule has 2 nitrogen and oxygen atoms in total. The summed E-state index contributed by atoms with van der Waals surface area (Å²) in [5.41, 5.74) is 7.34. The van der Waals surface area contributed by atoms with Gasteiger partial charge < -0.3 is 0 Å². The second kappa shape index (κ2) is 4.66. The van der Waals surface area contributed by atoms with Gasteiger partial charge in [-0.15, -0.1) is 0 Å². The highest BCUT2D eigenvalue weighted by Crippen LogP contribution is 2.46. The summed E-state index contributed by atoms with van der Waals surface area (Å²) in [7, 11) is 0. The Labute approximate surface area is 125 Å². The Kier molecular flexibility index (Phi) is 2.78. The van der Waals surface area contributed by atoms with Crippen LogP contribution in [0.15, 0.2) is 58.7 Å². The third kappa shape index (κ3) is 2.21. The lowest BCUT2D eigenvalue weighted by molar-refractivity contribution is 0.999. The van der Waals surface area contributed by atoms with Crippen LogP contribution in [-0.4, -0.2) is 11.4 Å². The van der Waals surface area contributed by atoms with Crippen molar-refractivity contribution in [3.05, 3.63) is 70.8 Å². The molecule has 0 bridgehead atoms. The van der Waals surface area contributed by atoms with E-state index >= 15 is 0 Å². The quantitative estimate of drug-likeness (QED) is 0.786. The Balaban J connectivity index is 1.69. The van der Waals surface area contributed by atoms with E-state index in [0.717, 1.165) is 11.4 Å². The fourth-order valence-corrected chi connectivity index (χ4v) is 3.05. The summed E-state index contributed by atoms with van der Waals surface area (Å²) in [6.45, 7) is 4.22. The van der Waals surface area contributed by atoms with Crippen molar-refractivity contribution in [3.8, 4) is 0 Å². The van der Waals surface area contributed by atoms with Crippen LogP contribution in [0.4, 0.5) is 0 Å². The highest BCUT2D eigenvalue weighted by atomic mass is 15.2. The molecule has 2 aromatic carbocycles. The van der Waals surface area contributed by atoms with E-state index in [1.165, 1.54) is 28.7 Å². The molecular weight excluding hydrogens is 256 g/mol. The molecule has 0 aromatic heterocycles. The van der Waals surface area contributed by atoms with E-state index in [2.05, 4.69) is 72.6 Å². The first kappa shape index (κ1) is 12.5. The van der Waals surface area contributed by atoms with Crippen molar-refractivity contribution in [1.82, 2.24) is 0 Å². The molecule has 21 heavy (non-hydrogen) atoms. The van der Waals surface area contributed by atoms with E-state index in [1.807, 2.05) is 0 Å². The second-order valence-electron chi connectivity index (χ2n) is 6.15. The highest BCUT2D eigenvalue weighted by Gasteiger charge is 2.47. The van der Waals surface area contributed by atoms with Gasteiger partial charge in [-0.05, 0) is 31.4 Å².